The van der Waals surface area contributed by atoms with Crippen molar-refractivity contribution in [1.82, 2.24) is 4.98 Å². The third-order valence-electron chi connectivity index (χ3n) is 3.75. The molecule has 5 nitrogen and oxygen atoms in total. The third kappa shape index (κ3) is 2.35. The molecule has 2 heterocycles. The van der Waals surface area contributed by atoms with E-state index in [0.29, 0.717) is 22.9 Å². The van der Waals surface area contributed by atoms with Gasteiger partial charge >= 0.3 is 0 Å². The first-order valence-corrected chi connectivity index (χ1v) is 7.41. The molecule has 1 aliphatic rings. The van der Waals surface area contributed by atoms with E-state index in [2.05, 4.69) is 16.8 Å². The molecule has 0 aromatic carbocycles. The van der Waals surface area contributed by atoms with Crippen LogP contribution in [-0.2, 0) is 9.59 Å². The molecule has 0 aliphatic carbocycles. The fraction of sp³-hybridized carbons (Fsp3) is 0.500. The minimum Gasteiger partial charge on any atom is -0.320 e. The molecule has 0 unspecified atom stereocenters. The van der Waals surface area contributed by atoms with Crippen LogP contribution in [0.25, 0.3) is 0 Å². The fourth-order valence-corrected chi connectivity index (χ4v) is 3.16. The van der Waals surface area contributed by atoms with E-state index in [0.717, 1.165) is 0 Å². The van der Waals surface area contributed by atoms with Gasteiger partial charge in [-0.3, -0.25) is 9.59 Å². The third-order valence-corrected chi connectivity index (χ3v) is 4.65. The largest absolute Gasteiger partial charge is 0.320 e. The molecule has 1 saturated heterocycles. The van der Waals surface area contributed by atoms with E-state index in [1.807, 2.05) is 13.8 Å². The number of amides is 2. The van der Waals surface area contributed by atoms with E-state index >= 15 is 0 Å². The minimum absolute atomic E-state index is 0.139. The van der Waals surface area contributed by atoms with Crippen LogP contribution in [0.5, 0.6) is 0 Å². The van der Waals surface area contributed by atoms with Crippen LogP contribution in [0.3, 0.4) is 0 Å². The van der Waals surface area contributed by atoms with Crippen LogP contribution in [0.1, 0.15) is 38.0 Å². The Kier molecular flexibility index (Phi) is 4.21. The van der Waals surface area contributed by atoms with Crippen molar-refractivity contribution < 1.29 is 9.59 Å². The first kappa shape index (κ1) is 14.7. The lowest BCUT2D eigenvalue weighted by Crippen LogP contribution is -2.35. The van der Waals surface area contributed by atoms with Gasteiger partial charge in [0.05, 0.1) is 23.0 Å². The predicted molar refractivity (Wildman–Crippen MR) is 78.2 cm³/mol. The van der Waals surface area contributed by atoms with E-state index < -0.39 is 5.41 Å². The Bertz CT molecular complexity index is 593. The second kappa shape index (κ2) is 5.73. The number of carbonyl (C=O) groups is 2. The van der Waals surface area contributed by atoms with Crippen molar-refractivity contribution in [2.75, 3.05) is 11.4 Å². The molecule has 0 atom stereocenters. The molecule has 0 radical (unpaired) electrons. The number of hydrogen-bond donors (Lipinski definition) is 1. The fourth-order valence-electron chi connectivity index (χ4n) is 2.35. The summed E-state index contributed by atoms with van der Waals surface area (Å²) in [6.45, 7) is 4.15. The molecular weight excluding hydrogens is 274 g/mol. The molecule has 0 bridgehead atoms. The molecule has 1 aromatic heterocycles. The summed E-state index contributed by atoms with van der Waals surface area (Å²) in [5.74, 6) is 5.27. The molecule has 2 rings (SSSR count). The number of carbonyl (C=O) groups excluding carboxylic acids is 2. The topological polar surface area (TPSA) is 76.3 Å². The summed E-state index contributed by atoms with van der Waals surface area (Å²) >= 11 is 1.24. The van der Waals surface area contributed by atoms with Crippen LogP contribution in [-0.4, -0.2) is 23.3 Å². The Morgan fingerprint density at radius 1 is 1.45 bits per heavy atom. The Morgan fingerprint density at radius 3 is 2.70 bits per heavy atom. The van der Waals surface area contributed by atoms with E-state index in [1.54, 1.807) is 6.20 Å². The smallest absolute Gasteiger partial charge is 0.242 e. The summed E-state index contributed by atoms with van der Waals surface area (Å²) < 4.78 is 0. The maximum Gasteiger partial charge on any atom is 0.242 e. The number of thiazole rings is 1. The standard InChI is InChI=1S/C14H17N3O2S/c1-3-14(4-2)8-11(18)17(12(14)19)13-16-9-10(20-13)6-5-7-15/h9H,3-4,7-8,15H2,1-2H3. The van der Waals surface area contributed by atoms with Crippen LogP contribution >= 0.6 is 11.3 Å². The Labute approximate surface area is 122 Å². The molecule has 2 N–H and O–H groups in total. The van der Waals surface area contributed by atoms with Gasteiger partial charge in [0.2, 0.25) is 11.8 Å². The molecule has 2 amide bonds. The lowest BCUT2D eigenvalue weighted by molar-refractivity contribution is -0.126. The van der Waals surface area contributed by atoms with Crippen LogP contribution in [0.15, 0.2) is 6.20 Å². The molecule has 1 aromatic rings. The summed E-state index contributed by atoms with van der Waals surface area (Å²) in [6, 6.07) is 0. The van der Waals surface area contributed by atoms with Gasteiger partial charge in [-0.05, 0) is 12.8 Å². The lowest BCUT2D eigenvalue weighted by Gasteiger charge is -2.22. The average molecular weight is 291 g/mol. The molecular formula is C14H17N3O2S. The van der Waals surface area contributed by atoms with E-state index in [-0.39, 0.29) is 24.8 Å². The summed E-state index contributed by atoms with van der Waals surface area (Å²) in [6.07, 6.45) is 3.16. The Hall–Kier alpha value is -1.71. The zero-order valence-corrected chi connectivity index (χ0v) is 12.4. The van der Waals surface area contributed by atoms with Crippen molar-refractivity contribution in [3.8, 4) is 11.8 Å². The summed E-state index contributed by atoms with van der Waals surface area (Å²) in [7, 11) is 0. The van der Waals surface area contributed by atoms with E-state index in [1.165, 1.54) is 16.2 Å². The van der Waals surface area contributed by atoms with Gasteiger partial charge in [0, 0.05) is 6.42 Å². The summed E-state index contributed by atoms with van der Waals surface area (Å²) in [4.78, 5) is 30.8. The van der Waals surface area contributed by atoms with Gasteiger partial charge in [0.15, 0.2) is 5.13 Å². The van der Waals surface area contributed by atoms with Crippen molar-refractivity contribution in [1.29, 1.82) is 0 Å². The SMILES string of the molecule is CCC1(CC)CC(=O)N(c2ncc(C#CCN)s2)C1=O. The molecule has 6 heteroatoms. The molecule has 1 fully saturated rings. The maximum atomic E-state index is 12.5. The van der Waals surface area contributed by atoms with Crippen molar-refractivity contribution in [2.24, 2.45) is 11.1 Å². The molecule has 0 saturated carbocycles. The van der Waals surface area contributed by atoms with Crippen LogP contribution in [0.4, 0.5) is 5.13 Å². The number of anilines is 1. The van der Waals surface area contributed by atoms with Crippen LogP contribution in [0, 0.1) is 17.3 Å². The van der Waals surface area contributed by atoms with Gasteiger partial charge in [0.25, 0.3) is 0 Å². The number of nitrogens with two attached hydrogens (primary N) is 1. The summed E-state index contributed by atoms with van der Waals surface area (Å²) in [5.41, 5.74) is 4.75. The first-order chi connectivity index (χ1) is 9.57. The Morgan fingerprint density at radius 2 is 2.15 bits per heavy atom. The highest BCUT2D eigenvalue weighted by molar-refractivity contribution is 7.16. The van der Waals surface area contributed by atoms with Gasteiger partial charge in [-0.25, -0.2) is 9.88 Å². The number of hydrogen-bond acceptors (Lipinski definition) is 5. The zero-order chi connectivity index (χ0) is 14.8. The van der Waals surface area contributed by atoms with Gasteiger partial charge in [-0.15, -0.1) is 0 Å². The monoisotopic (exact) mass is 291 g/mol. The van der Waals surface area contributed by atoms with Crippen molar-refractivity contribution in [2.45, 2.75) is 33.1 Å². The van der Waals surface area contributed by atoms with Gasteiger partial charge < -0.3 is 5.73 Å². The second-order valence-corrected chi connectivity index (χ2v) is 5.72. The number of aromatic nitrogens is 1. The highest BCUT2D eigenvalue weighted by Crippen LogP contribution is 2.41. The van der Waals surface area contributed by atoms with Crippen LogP contribution < -0.4 is 10.6 Å². The maximum absolute atomic E-state index is 12.5. The highest BCUT2D eigenvalue weighted by atomic mass is 32.1. The Balaban J connectivity index is 2.31. The molecule has 106 valence electrons. The van der Waals surface area contributed by atoms with Gasteiger partial charge in [-0.2, -0.15) is 0 Å². The first-order valence-electron chi connectivity index (χ1n) is 6.60. The average Bonchev–Trinajstić information content (AvgIpc) is 2.99. The summed E-state index contributed by atoms with van der Waals surface area (Å²) in [5, 5.41) is 0.407. The number of rotatable bonds is 3. The van der Waals surface area contributed by atoms with Crippen molar-refractivity contribution >= 4 is 28.3 Å². The number of nitrogens with zero attached hydrogens (tertiary/aromatic N) is 2. The van der Waals surface area contributed by atoms with Crippen molar-refractivity contribution in [3.05, 3.63) is 11.1 Å². The molecule has 1 aliphatic heterocycles. The highest BCUT2D eigenvalue weighted by Gasteiger charge is 2.50. The number of imide groups is 1. The van der Waals surface area contributed by atoms with E-state index in [9.17, 15) is 9.59 Å². The predicted octanol–water partition coefficient (Wildman–Crippen LogP) is 1.52. The normalized spacial score (nSPS) is 17.2. The van der Waals surface area contributed by atoms with Crippen molar-refractivity contribution in [3.63, 3.8) is 0 Å². The van der Waals surface area contributed by atoms with Gasteiger partial charge in [0.1, 0.15) is 0 Å². The molecule has 20 heavy (non-hydrogen) atoms. The second-order valence-electron chi connectivity index (χ2n) is 4.71. The molecule has 0 spiro atoms. The van der Waals surface area contributed by atoms with Crippen LogP contribution in [0.2, 0.25) is 0 Å². The van der Waals surface area contributed by atoms with E-state index in [4.69, 9.17) is 5.73 Å². The zero-order valence-electron chi connectivity index (χ0n) is 11.6. The minimum atomic E-state index is -0.564. The van der Waals surface area contributed by atoms with Gasteiger partial charge in [-0.1, -0.05) is 37.0 Å². The quantitative estimate of drug-likeness (QED) is 0.676. The lowest BCUT2D eigenvalue weighted by atomic mass is 9.81.